The zero-order valence-corrected chi connectivity index (χ0v) is 16.5. The highest BCUT2D eigenvalue weighted by Gasteiger charge is 2.14. The molecule has 5 heteroatoms. The first kappa shape index (κ1) is 20.1. The Morgan fingerprint density at radius 3 is 2.07 bits per heavy atom. The number of nitrogens with one attached hydrogen (secondary N) is 2. The first-order valence-corrected chi connectivity index (χ1v) is 9.72. The summed E-state index contributed by atoms with van der Waals surface area (Å²) in [5.74, 6) is -0.189. The molecule has 3 amide bonds. The number of nitrogens with zero attached hydrogens (tertiary/aromatic N) is 1. The molecule has 29 heavy (non-hydrogen) atoms. The van der Waals surface area contributed by atoms with Gasteiger partial charge in [-0.15, -0.1) is 0 Å². The molecule has 0 radical (unpaired) electrons. The molecule has 0 fully saturated rings. The summed E-state index contributed by atoms with van der Waals surface area (Å²) in [6.45, 7) is 3.25. The number of amides is 3. The Hall–Kier alpha value is -3.60. The zero-order valence-electron chi connectivity index (χ0n) is 16.5. The second-order valence-electron chi connectivity index (χ2n) is 6.74. The number of benzene rings is 3. The van der Waals surface area contributed by atoms with Crippen molar-refractivity contribution in [2.75, 3.05) is 17.2 Å². The van der Waals surface area contributed by atoms with Crippen molar-refractivity contribution >= 4 is 23.3 Å². The van der Waals surface area contributed by atoms with Gasteiger partial charge in [-0.25, -0.2) is 4.79 Å². The maximum atomic E-state index is 12.8. The van der Waals surface area contributed by atoms with E-state index in [9.17, 15) is 9.59 Å². The van der Waals surface area contributed by atoms with Crippen LogP contribution in [0.1, 0.15) is 29.3 Å². The van der Waals surface area contributed by atoms with Gasteiger partial charge >= 0.3 is 6.03 Å². The zero-order chi connectivity index (χ0) is 20.5. The van der Waals surface area contributed by atoms with Gasteiger partial charge in [-0.1, -0.05) is 61.5 Å². The molecule has 2 N–H and O–H groups in total. The van der Waals surface area contributed by atoms with Crippen molar-refractivity contribution in [3.8, 4) is 0 Å². The Morgan fingerprint density at radius 2 is 1.41 bits per heavy atom. The average molecular weight is 387 g/mol. The van der Waals surface area contributed by atoms with E-state index in [0.29, 0.717) is 30.0 Å². The van der Waals surface area contributed by atoms with Gasteiger partial charge in [0.1, 0.15) is 0 Å². The average Bonchev–Trinajstić information content (AvgIpc) is 2.75. The minimum Gasteiger partial charge on any atom is -0.322 e. The van der Waals surface area contributed by atoms with Crippen LogP contribution >= 0.6 is 0 Å². The second kappa shape index (κ2) is 10.1. The van der Waals surface area contributed by atoms with Crippen LogP contribution in [0.4, 0.5) is 16.2 Å². The summed E-state index contributed by atoms with van der Waals surface area (Å²) in [6.07, 6.45) is 0.868. The molecule has 3 aromatic rings. The predicted octanol–water partition coefficient (Wildman–Crippen LogP) is 5.38. The smallest absolute Gasteiger partial charge is 0.322 e. The van der Waals surface area contributed by atoms with Crippen LogP contribution in [-0.4, -0.2) is 23.4 Å². The Labute approximate surface area is 171 Å². The number of hydrogen-bond donors (Lipinski definition) is 2. The monoisotopic (exact) mass is 387 g/mol. The number of hydrogen-bond acceptors (Lipinski definition) is 2. The van der Waals surface area contributed by atoms with Crippen molar-refractivity contribution in [1.82, 2.24) is 4.90 Å². The first-order valence-electron chi connectivity index (χ1n) is 9.72. The predicted molar refractivity (Wildman–Crippen MR) is 117 cm³/mol. The third-order valence-electron chi connectivity index (χ3n) is 4.40. The van der Waals surface area contributed by atoms with Crippen LogP contribution in [0.25, 0.3) is 0 Å². The van der Waals surface area contributed by atoms with Crippen LogP contribution in [0, 0.1) is 0 Å². The Balaban J connectivity index is 1.66. The van der Waals surface area contributed by atoms with Gasteiger partial charge < -0.3 is 15.5 Å². The van der Waals surface area contributed by atoms with Crippen molar-refractivity contribution in [1.29, 1.82) is 0 Å². The summed E-state index contributed by atoms with van der Waals surface area (Å²) in [5.41, 5.74) is 2.93. The minimum atomic E-state index is -0.189. The van der Waals surface area contributed by atoms with Crippen molar-refractivity contribution in [2.45, 2.75) is 19.9 Å². The van der Waals surface area contributed by atoms with Gasteiger partial charge in [-0.2, -0.15) is 0 Å². The molecule has 0 unspecified atom stereocenters. The lowest BCUT2D eigenvalue weighted by molar-refractivity contribution is 0.102. The Bertz CT molecular complexity index is 943. The molecule has 0 spiro atoms. The Kier molecular flexibility index (Phi) is 7.00. The van der Waals surface area contributed by atoms with E-state index >= 15 is 0 Å². The van der Waals surface area contributed by atoms with E-state index in [-0.39, 0.29) is 11.9 Å². The third-order valence-corrected chi connectivity index (χ3v) is 4.40. The standard InChI is InChI=1S/C24H25N3O2/c1-2-16-27(18-19-10-5-3-6-11-19)24(29)26-22-15-9-14-21(17-22)25-23(28)20-12-7-4-8-13-20/h3-15,17H,2,16,18H2,1H3,(H,25,28)(H,26,29). The number of rotatable bonds is 7. The molecule has 5 nitrogen and oxygen atoms in total. The van der Waals surface area contributed by atoms with Crippen LogP contribution in [0.3, 0.4) is 0 Å². The summed E-state index contributed by atoms with van der Waals surface area (Å²) in [4.78, 5) is 26.9. The lowest BCUT2D eigenvalue weighted by atomic mass is 10.2. The normalized spacial score (nSPS) is 10.2. The SMILES string of the molecule is CCCN(Cc1ccccc1)C(=O)Nc1cccc(NC(=O)c2ccccc2)c1. The summed E-state index contributed by atoms with van der Waals surface area (Å²) < 4.78 is 0. The van der Waals surface area contributed by atoms with Gasteiger partial charge in [-0.05, 0) is 42.3 Å². The van der Waals surface area contributed by atoms with Crippen molar-refractivity contribution in [3.05, 3.63) is 96.1 Å². The van der Waals surface area contributed by atoms with Crippen LogP contribution in [0.2, 0.25) is 0 Å². The number of carbonyl (C=O) groups excluding carboxylic acids is 2. The van der Waals surface area contributed by atoms with E-state index in [1.165, 1.54) is 0 Å². The van der Waals surface area contributed by atoms with Crippen molar-refractivity contribution in [2.24, 2.45) is 0 Å². The molecule has 0 aliphatic rings. The van der Waals surface area contributed by atoms with Gasteiger partial charge in [0.25, 0.3) is 5.91 Å². The molecule has 148 valence electrons. The lowest BCUT2D eigenvalue weighted by Crippen LogP contribution is -2.35. The topological polar surface area (TPSA) is 61.4 Å². The summed E-state index contributed by atoms with van der Waals surface area (Å²) >= 11 is 0. The van der Waals surface area contributed by atoms with Gasteiger partial charge in [0.05, 0.1) is 0 Å². The van der Waals surface area contributed by atoms with Crippen molar-refractivity contribution < 1.29 is 9.59 Å². The fraction of sp³-hybridized carbons (Fsp3) is 0.167. The minimum absolute atomic E-state index is 0.165. The van der Waals surface area contributed by atoms with Gasteiger partial charge in [-0.3, -0.25) is 4.79 Å². The first-order chi connectivity index (χ1) is 14.2. The van der Waals surface area contributed by atoms with Crippen LogP contribution in [0.15, 0.2) is 84.9 Å². The van der Waals surface area contributed by atoms with Gasteiger partial charge in [0, 0.05) is 30.0 Å². The summed E-state index contributed by atoms with van der Waals surface area (Å²) in [6, 6.07) is 25.9. The highest BCUT2D eigenvalue weighted by Crippen LogP contribution is 2.17. The molecule has 0 heterocycles. The quantitative estimate of drug-likeness (QED) is 0.571. The van der Waals surface area contributed by atoms with E-state index in [4.69, 9.17) is 0 Å². The van der Waals surface area contributed by atoms with E-state index in [0.717, 1.165) is 12.0 Å². The molecule has 0 bridgehead atoms. The van der Waals surface area contributed by atoms with Gasteiger partial charge in [0.2, 0.25) is 0 Å². The van der Waals surface area contributed by atoms with Crippen LogP contribution in [-0.2, 0) is 6.54 Å². The fourth-order valence-corrected chi connectivity index (χ4v) is 3.00. The molecule has 0 atom stereocenters. The highest BCUT2D eigenvalue weighted by atomic mass is 16.2. The van der Waals surface area contributed by atoms with Gasteiger partial charge in [0.15, 0.2) is 0 Å². The molecule has 0 saturated heterocycles. The molecule has 0 saturated carbocycles. The van der Waals surface area contributed by atoms with E-state index < -0.39 is 0 Å². The third kappa shape index (κ3) is 5.94. The molecule has 3 aromatic carbocycles. The Morgan fingerprint density at radius 1 is 0.793 bits per heavy atom. The number of urea groups is 1. The van der Waals surface area contributed by atoms with E-state index in [1.807, 2.05) is 61.5 Å². The highest BCUT2D eigenvalue weighted by molar-refractivity contribution is 6.04. The maximum Gasteiger partial charge on any atom is 0.322 e. The molecule has 3 rings (SSSR count). The van der Waals surface area contributed by atoms with E-state index in [2.05, 4.69) is 10.6 Å². The molecule has 0 aromatic heterocycles. The largest absolute Gasteiger partial charge is 0.322 e. The number of anilines is 2. The second-order valence-corrected chi connectivity index (χ2v) is 6.74. The van der Waals surface area contributed by atoms with Crippen molar-refractivity contribution in [3.63, 3.8) is 0 Å². The lowest BCUT2D eigenvalue weighted by Gasteiger charge is -2.23. The molecular formula is C24H25N3O2. The molecule has 0 aliphatic carbocycles. The molecular weight excluding hydrogens is 362 g/mol. The van der Waals surface area contributed by atoms with Crippen LogP contribution < -0.4 is 10.6 Å². The fourth-order valence-electron chi connectivity index (χ4n) is 3.00. The number of carbonyl (C=O) groups is 2. The van der Waals surface area contributed by atoms with Crippen LogP contribution in [0.5, 0.6) is 0 Å². The summed E-state index contributed by atoms with van der Waals surface area (Å²) in [5, 5.41) is 5.80. The van der Waals surface area contributed by atoms with E-state index in [1.54, 1.807) is 35.2 Å². The maximum absolute atomic E-state index is 12.8. The molecule has 0 aliphatic heterocycles. The summed E-state index contributed by atoms with van der Waals surface area (Å²) in [7, 11) is 0.